The molecule has 0 radical (unpaired) electrons. The van der Waals surface area contributed by atoms with Gasteiger partial charge in [-0.2, -0.15) is 0 Å². The van der Waals surface area contributed by atoms with E-state index in [-0.39, 0.29) is 17.2 Å². The van der Waals surface area contributed by atoms with Crippen LogP contribution in [0, 0.1) is 0 Å². The second-order valence-electron chi connectivity index (χ2n) is 8.02. The first-order chi connectivity index (χ1) is 14.3. The molecule has 3 aromatic carbocycles. The molecule has 0 spiro atoms. The smallest absolute Gasteiger partial charge is 0.259 e. The maximum atomic E-state index is 12.6. The van der Waals surface area contributed by atoms with Crippen molar-refractivity contribution in [2.45, 2.75) is 26.2 Å². The summed E-state index contributed by atoms with van der Waals surface area (Å²) in [6.07, 6.45) is 0. The highest BCUT2D eigenvalue weighted by Gasteiger charge is 2.15. The van der Waals surface area contributed by atoms with Crippen molar-refractivity contribution in [3.63, 3.8) is 0 Å². The Bertz CT molecular complexity index is 1050. The number of carbonyl (C=O) groups excluding carboxylic acids is 2. The van der Waals surface area contributed by atoms with Crippen molar-refractivity contribution in [2.24, 2.45) is 0 Å². The molecule has 0 aliphatic heterocycles. The van der Waals surface area contributed by atoms with Gasteiger partial charge in [-0.3, -0.25) is 9.59 Å². The van der Waals surface area contributed by atoms with Gasteiger partial charge in [-0.05, 0) is 53.4 Å². The summed E-state index contributed by atoms with van der Waals surface area (Å²) in [7, 11) is 1.52. The van der Waals surface area contributed by atoms with Crippen molar-refractivity contribution in [1.82, 2.24) is 0 Å². The number of anilines is 2. The van der Waals surface area contributed by atoms with Crippen molar-refractivity contribution in [3.8, 4) is 5.75 Å². The molecule has 0 saturated heterocycles. The van der Waals surface area contributed by atoms with Crippen molar-refractivity contribution in [1.29, 1.82) is 0 Å². The summed E-state index contributed by atoms with van der Waals surface area (Å²) in [6.45, 7) is 6.40. The van der Waals surface area contributed by atoms with E-state index >= 15 is 0 Å². The number of hydrogen-bond donors (Lipinski definition) is 2. The van der Waals surface area contributed by atoms with E-state index in [1.165, 1.54) is 12.7 Å². The normalized spacial score (nSPS) is 10.9. The van der Waals surface area contributed by atoms with Gasteiger partial charge in [-0.1, -0.05) is 51.1 Å². The van der Waals surface area contributed by atoms with Crippen LogP contribution in [0.1, 0.15) is 47.1 Å². The van der Waals surface area contributed by atoms with Gasteiger partial charge in [-0.25, -0.2) is 0 Å². The number of carbonyl (C=O) groups is 2. The number of para-hydroxylation sites is 1. The van der Waals surface area contributed by atoms with E-state index in [2.05, 4.69) is 31.4 Å². The van der Waals surface area contributed by atoms with Gasteiger partial charge in [0.1, 0.15) is 5.75 Å². The zero-order valence-corrected chi connectivity index (χ0v) is 17.7. The van der Waals surface area contributed by atoms with Crippen LogP contribution in [0.5, 0.6) is 5.75 Å². The Hall–Kier alpha value is -3.60. The van der Waals surface area contributed by atoms with Crippen LogP contribution in [0.15, 0.2) is 72.8 Å². The molecule has 0 aliphatic carbocycles. The van der Waals surface area contributed by atoms with Gasteiger partial charge in [0.15, 0.2) is 0 Å². The van der Waals surface area contributed by atoms with Crippen LogP contribution in [-0.2, 0) is 5.41 Å². The number of hydrogen-bond acceptors (Lipinski definition) is 3. The predicted molar refractivity (Wildman–Crippen MR) is 120 cm³/mol. The third-order valence-electron chi connectivity index (χ3n) is 4.74. The number of ether oxygens (including phenoxy) is 1. The SMILES string of the molecule is COc1ccccc1C(=O)Nc1cccc(NC(=O)c2ccc(C(C)(C)C)cc2)c1. The number of amides is 2. The standard InChI is InChI=1S/C25H26N2O3/c1-25(2,3)18-14-12-17(13-15-18)23(28)26-19-8-7-9-20(16-19)27-24(29)21-10-5-6-11-22(21)30-4/h5-16H,1-4H3,(H,26,28)(H,27,29). The fraction of sp³-hybridized carbons (Fsp3) is 0.200. The first-order valence-corrected chi connectivity index (χ1v) is 9.74. The van der Waals surface area contributed by atoms with Crippen LogP contribution in [0.4, 0.5) is 11.4 Å². The van der Waals surface area contributed by atoms with Crippen LogP contribution in [-0.4, -0.2) is 18.9 Å². The molecule has 0 saturated carbocycles. The summed E-state index contributed by atoms with van der Waals surface area (Å²) in [5.74, 6) is 0.00974. The van der Waals surface area contributed by atoms with Crippen LogP contribution < -0.4 is 15.4 Å². The molecule has 154 valence electrons. The number of methoxy groups -OCH3 is 1. The molecule has 3 aromatic rings. The Kier molecular flexibility index (Phi) is 6.21. The maximum absolute atomic E-state index is 12.6. The van der Waals surface area contributed by atoms with Crippen LogP contribution in [0.25, 0.3) is 0 Å². The zero-order chi connectivity index (χ0) is 21.7. The van der Waals surface area contributed by atoms with Gasteiger partial charge >= 0.3 is 0 Å². The Morgan fingerprint density at radius 1 is 0.767 bits per heavy atom. The first kappa shape index (κ1) is 21.1. The van der Waals surface area contributed by atoms with E-state index < -0.39 is 0 Å². The number of nitrogens with one attached hydrogen (secondary N) is 2. The predicted octanol–water partition coefficient (Wildman–Crippen LogP) is 5.50. The molecular formula is C25H26N2O3. The van der Waals surface area contributed by atoms with E-state index in [9.17, 15) is 9.59 Å². The van der Waals surface area contributed by atoms with Gasteiger partial charge in [-0.15, -0.1) is 0 Å². The van der Waals surface area contributed by atoms with E-state index in [4.69, 9.17) is 4.74 Å². The molecule has 0 heterocycles. The van der Waals surface area contributed by atoms with Crippen LogP contribution in [0.2, 0.25) is 0 Å². The van der Waals surface area contributed by atoms with Gasteiger partial charge < -0.3 is 15.4 Å². The molecule has 0 aromatic heterocycles. The number of rotatable bonds is 5. The Morgan fingerprint density at radius 3 is 1.97 bits per heavy atom. The summed E-state index contributed by atoms with van der Waals surface area (Å²) in [5, 5.41) is 5.72. The third-order valence-corrected chi connectivity index (χ3v) is 4.74. The monoisotopic (exact) mass is 402 g/mol. The minimum absolute atomic E-state index is 0.0307. The van der Waals surface area contributed by atoms with Gasteiger partial charge in [0.25, 0.3) is 11.8 Å². The zero-order valence-electron chi connectivity index (χ0n) is 17.7. The summed E-state index contributed by atoms with van der Waals surface area (Å²) < 4.78 is 5.24. The largest absolute Gasteiger partial charge is 0.496 e. The highest BCUT2D eigenvalue weighted by Crippen LogP contribution is 2.23. The Labute approximate surface area is 177 Å². The summed E-state index contributed by atoms with van der Waals surface area (Å²) >= 11 is 0. The topological polar surface area (TPSA) is 67.4 Å². The Morgan fingerprint density at radius 2 is 1.37 bits per heavy atom. The van der Waals surface area contributed by atoms with Crippen molar-refractivity contribution in [2.75, 3.05) is 17.7 Å². The second kappa shape index (κ2) is 8.82. The van der Waals surface area contributed by atoms with Crippen molar-refractivity contribution >= 4 is 23.2 Å². The fourth-order valence-electron chi connectivity index (χ4n) is 3.03. The highest BCUT2D eigenvalue weighted by molar-refractivity contribution is 6.07. The lowest BCUT2D eigenvalue weighted by Crippen LogP contribution is -2.15. The quantitative estimate of drug-likeness (QED) is 0.592. The molecule has 0 unspecified atom stereocenters. The summed E-state index contributed by atoms with van der Waals surface area (Å²) in [4.78, 5) is 25.2. The molecule has 2 amide bonds. The highest BCUT2D eigenvalue weighted by atomic mass is 16.5. The molecule has 0 aliphatic rings. The number of benzene rings is 3. The second-order valence-corrected chi connectivity index (χ2v) is 8.02. The van der Waals surface area contributed by atoms with Crippen LogP contribution >= 0.6 is 0 Å². The molecule has 2 N–H and O–H groups in total. The van der Waals surface area contributed by atoms with E-state index in [1.807, 2.05) is 24.3 Å². The summed E-state index contributed by atoms with van der Waals surface area (Å²) in [5.41, 5.74) is 3.38. The molecule has 0 bridgehead atoms. The lowest BCUT2D eigenvalue weighted by atomic mass is 9.87. The fourth-order valence-corrected chi connectivity index (χ4v) is 3.03. The van der Waals surface area contributed by atoms with Gasteiger partial charge in [0, 0.05) is 16.9 Å². The molecule has 30 heavy (non-hydrogen) atoms. The average molecular weight is 402 g/mol. The van der Waals surface area contributed by atoms with Gasteiger partial charge in [0.05, 0.1) is 12.7 Å². The van der Waals surface area contributed by atoms with Crippen molar-refractivity contribution < 1.29 is 14.3 Å². The molecule has 0 fully saturated rings. The van der Waals surface area contributed by atoms with E-state index in [0.717, 1.165) is 0 Å². The maximum Gasteiger partial charge on any atom is 0.259 e. The van der Waals surface area contributed by atoms with Crippen LogP contribution in [0.3, 0.4) is 0 Å². The van der Waals surface area contributed by atoms with E-state index in [0.29, 0.717) is 28.3 Å². The van der Waals surface area contributed by atoms with Gasteiger partial charge in [0.2, 0.25) is 0 Å². The molecule has 0 atom stereocenters. The lowest BCUT2D eigenvalue weighted by Gasteiger charge is -2.19. The molecule has 5 heteroatoms. The third kappa shape index (κ3) is 5.06. The lowest BCUT2D eigenvalue weighted by molar-refractivity contribution is 0.101. The van der Waals surface area contributed by atoms with Crippen molar-refractivity contribution in [3.05, 3.63) is 89.5 Å². The van der Waals surface area contributed by atoms with E-state index in [1.54, 1.807) is 48.5 Å². The Balaban J connectivity index is 1.71. The minimum Gasteiger partial charge on any atom is -0.496 e. The average Bonchev–Trinajstić information content (AvgIpc) is 2.73. The minimum atomic E-state index is -0.284. The molecule has 5 nitrogen and oxygen atoms in total. The summed E-state index contributed by atoms with van der Waals surface area (Å²) in [6, 6.07) is 21.6. The molecule has 3 rings (SSSR count). The first-order valence-electron chi connectivity index (χ1n) is 9.74. The molecular weight excluding hydrogens is 376 g/mol.